The van der Waals surface area contributed by atoms with Crippen molar-refractivity contribution in [3.05, 3.63) is 28.8 Å². The molecule has 1 heterocycles. The van der Waals surface area contributed by atoms with Gasteiger partial charge in [-0.25, -0.2) is 9.18 Å². The van der Waals surface area contributed by atoms with Crippen molar-refractivity contribution in [1.82, 2.24) is 0 Å². The normalized spacial score (nSPS) is 15.3. The number of carbonyl (C=O) groups is 3. The zero-order valence-corrected chi connectivity index (χ0v) is 11.4. The lowest BCUT2D eigenvalue weighted by molar-refractivity contribution is -0.150. The first-order valence-corrected chi connectivity index (χ1v) is 6.19. The molecule has 1 aliphatic rings. The largest absolute Gasteiger partial charge is 0.462 e. The molecule has 1 unspecified atom stereocenters. The van der Waals surface area contributed by atoms with E-state index in [1.165, 1.54) is 13.0 Å². The van der Waals surface area contributed by atoms with Crippen LogP contribution < -0.4 is 4.90 Å². The lowest BCUT2D eigenvalue weighted by atomic mass is 10.0. The van der Waals surface area contributed by atoms with Gasteiger partial charge in [-0.15, -0.1) is 0 Å². The summed E-state index contributed by atoms with van der Waals surface area (Å²) >= 11 is 0. The number of rotatable bonds is 3. The van der Waals surface area contributed by atoms with Crippen LogP contribution in [0.25, 0.3) is 0 Å². The van der Waals surface area contributed by atoms with Gasteiger partial charge in [0, 0.05) is 0 Å². The van der Waals surface area contributed by atoms with Crippen molar-refractivity contribution >= 4 is 23.3 Å². The molecule has 1 amide bonds. The maximum absolute atomic E-state index is 14.2. The van der Waals surface area contributed by atoms with Crippen molar-refractivity contribution in [2.75, 3.05) is 11.5 Å². The van der Waals surface area contributed by atoms with Crippen molar-refractivity contribution in [1.29, 1.82) is 0 Å². The SMILES string of the molecule is CCOC(=O)C(F)N1C(=O)C(=O)c2ccc(C)c(C)c21. The summed E-state index contributed by atoms with van der Waals surface area (Å²) in [4.78, 5) is 35.8. The molecular weight excluding hydrogens is 265 g/mol. The van der Waals surface area contributed by atoms with E-state index in [0.717, 1.165) is 5.56 Å². The average Bonchev–Trinajstić information content (AvgIpc) is 2.67. The molecule has 0 bridgehead atoms. The second-order valence-corrected chi connectivity index (χ2v) is 4.50. The Morgan fingerprint density at radius 2 is 2.00 bits per heavy atom. The highest BCUT2D eigenvalue weighted by Gasteiger charge is 2.44. The number of hydrogen-bond acceptors (Lipinski definition) is 4. The van der Waals surface area contributed by atoms with Crippen LogP contribution in [0, 0.1) is 13.8 Å². The third kappa shape index (κ3) is 1.97. The van der Waals surface area contributed by atoms with Crippen LogP contribution in [-0.2, 0) is 14.3 Å². The van der Waals surface area contributed by atoms with Crippen molar-refractivity contribution in [2.24, 2.45) is 0 Å². The summed E-state index contributed by atoms with van der Waals surface area (Å²) in [7, 11) is 0. The fraction of sp³-hybridized carbons (Fsp3) is 0.357. The van der Waals surface area contributed by atoms with Crippen LogP contribution in [0.15, 0.2) is 12.1 Å². The zero-order valence-electron chi connectivity index (χ0n) is 11.4. The summed E-state index contributed by atoms with van der Waals surface area (Å²) in [5.74, 6) is -3.04. The molecular formula is C14H14FNO4. The van der Waals surface area contributed by atoms with E-state index in [4.69, 9.17) is 0 Å². The van der Waals surface area contributed by atoms with Gasteiger partial charge in [-0.05, 0) is 38.0 Å². The Morgan fingerprint density at radius 1 is 1.35 bits per heavy atom. The van der Waals surface area contributed by atoms with Crippen LogP contribution in [0.4, 0.5) is 10.1 Å². The van der Waals surface area contributed by atoms with Crippen LogP contribution >= 0.6 is 0 Å². The minimum Gasteiger partial charge on any atom is -0.462 e. The third-order valence-electron chi connectivity index (χ3n) is 3.31. The highest BCUT2D eigenvalue weighted by Crippen LogP contribution is 2.35. The Morgan fingerprint density at radius 3 is 2.60 bits per heavy atom. The molecule has 20 heavy (non-hydrogen) atoms. The summed E-state index contributed by atoms with van der Waals surface area (Å²) in [5.41, 5.74) is 1.66. The van der Waals surface area contributed by atoms with Crippen LogP contribution in [-0.4, -0.2) is 30.6 Å². The van der Waals surface area contributed by atoms with Crippen LogP contribution in [0.2, 0.25) is 0 Å². The van der Waals surface area contributed by atoms with Gasteiger partial charge in [-0.1, -0.05) is 6.07 Å². The van der Waals surface area contributed by atoms with Gasteiger partial charge >= 0.3 is 11.9 Å². The number of halogens is 1. The maximum atomic E-state index is 14.2. The topological polar surface area (TPSA) is 63.7 Å². The predicted molar refractivity (Wildman–Crippen MR) is 69.3 cm³/mol. The van der Waals surface area contributed by atoms with E-state index in [1.807, 2.05) is 0 Å². The van der Waals surface area contributed by atoms with Crippen LogP contribution in [0.3, 0.4) is 0 Å². The predicted octanol–water partition coefficient (Wildman–Crippen LogP) is 1.69. The molecule has 0 spiro atoms. The van der Waals surface area contributed by atoms with Gasteiger partial charge in [0.05, 0.1) is 17.9 Å². The summed E-state index contributed by atoms with van der Waals surface area (Å²) in [6, 6.07) is 3.15. The number of anilines is 1. The Kier molecular flexibility index (Phi) is 3.57. The zero-order chi connectivity index (χ0) is 15.0. The number of fused-ring (bicyclic) bond motifs is 1. The number of hydrogen-bond donors (Lipinski definition) is 0. The van der Waals surface area contributed by atoms with Crippen molar-refractivity contribution in [3.8, 4) is 0 Å². The molecule has 1 atom stereocenters. The summed E-state index contributed by atoms with van der Waals surface area (Å²) in [6.45, 7) is 4.98. The van der Waals surface area contributed by atoms with Gasteiger partial charge in [-0.3, -0.25) is 14.5 Å². The Balaban J connectivity index is 2.52. The van der Waals surface area contributed by atoms with Crippen LogP contribution in [0.1, 0.15) is 28.4 Å². The van der Waals surface area contributed by atoms with Crippen molar-refractivity contribution < 1.29 is 23.5 Å². The molecule has 0 aliphatic carbocycles. The number of carbonyl (C=O) groups excluding carboxylic acids is 3. The first-order chi connectivity index (χ1) is 9.40. The van der Waals surface area contributed by atoms with E-state index in [9.17, 15) is 18.8 Å². The lowest BCUT2D eigenvalue weighted by Crippen LogP contribution is -2.42. The minimum absolute atomic E-state index is 0.00507. The van der Waals surface area contributed by atoms with Crippen molar-refractivity contribution in [3.63, 3.8) is 0 Å². The Bertz CT molecular complexity index is 611. The average molecular weight is 279 g/mol. The van der Waals surface area contributed by atoms with Gasteiger partial charge in [-0.2, -0.15) is 0 Å². The number of nitrogens with zero attached hydrogens (tertiary/aromatic N) is 1. The molecule has 1 aromatic carbocycles. The first kappa shape index (κ1) is 14.2. The fourth-order valence-corrected chi connectivity index (χ4v) is 2.15. The lowest BCUT2D eigenvalue weighted by Gasteiger charge is -2.21. The van der Waals surface area contributed by atoms with Gasteiger partial charge in [0.2, 0.25) is 0 Å². The number of ketones is 1. The number of esters is 1. The third-order valence-corrected chi connectivity index (χ3v) is 3.31. The van der Waals surface area contributed by atoms with E-state index in [2.05, 4.69) is 4.74 Å². The second kappa shape index (κ2) is 5.03. The molecule has 0 saturated heterocycles. The van der Waals surface area contributed by atoms with Gasteiger partial charge < -0.3 is 4.74 Å². The number of aryl methyl sites for hydroxylation is 1. The van der Waals surface area contributed by atoms with Crippen molar-refractivity contribution in [2.45, 2.75) is 27.1 Å². The molecule has 0 fully saturated rings. The van der Waals surface area contributed by atoms with E-state index in [0.29, 0.717) is 10.5 Å². The summed E-state index contributed by atoms with van der Waals surface area (Å²) < 4.78 is 18.7. The molecule has 0 N–H and O–H groups in total. The number of Topliss-reactive ketones (excluding diaryl/α,β-unsaturated/α-hetero) is 1. The fourth-order valence-electron chi connectivity index (χ4n) is 2.15. The molecule has 0 radical (unpaired) electrons. The number of benzene rings is 1. The minimum atomic E-state index is -2.31. The quantitative estimate of drug-likeness (QED) is 0.480. The molecule has 6 heteroatoms. The highest BCUT2D eigenvalue weighted by atomic mass is 19.1. The molecule has 1 aliphatic heterocycles. The monoisotopic (exact) mass is 279 g/mol. The smallest absolute Gasteiger partial charge is 0.362 e. The van der Waals surface area contributed by atoms with Gasteiger partial charge in [0.1, 0.15) is 0 Å². The van der Waals surface area contributed by atoms with E-state index in [-0.39, 0.29) is 17.9 Å². The second-order valence-electron chi connectivity index (χ2n) is 4.50. The molecule has 1 aromatic rings. The summed E-state index contributed by atoms with van der Waals surface area (Å²) in [6.07, 6.45) is -2.31. The molecule has 106 valence electrons. The summed E-state index contributed by atoms with van der Waals surface area (Å²) in [5, 5.41) is 0. The first-order valence-electron chi connectivity index (χ1n) is 6.19. The van der Waals surface area contributed by atoms with Gasteiger partial charge in [0.25, 0.3) is 12.1 Å². The van der Waals surface area contributed by atoms with E-state index < -0.39 is 24.0 Å². The molecule has 2 rings (SSSR count). The molecule has 0 saturated carbocycles. The standard InChI is InChI=1S/C14H14FNO4/c1-4-20-14(19)12(15)16-10-8(3)7(2)5-6-9(10)11(17)13(16)18/h5-6,12H,4H2,1-3H3. The maximum Gasteiger partial charge on any atom is 0.362 e. The highest BCUT2D eigenvalue weighted by molar-refractivity contribution is 6.53. The number of ether oxygens (including phenoxy) is 1. The molecule has 0 aromatic heterocycles. The van der Waals surface area contributed by atoms with Gasteiger partial charge in [0.15, 0.2) is 0 Å². The number of alkyl halides is 1. The van der Waals surface area contributed by atoms with Crippen LogP contribution in [0.5, 0.6) is 0 Å². The number of amides is 1. The Hall–Kier alpha value is -2.24. The van der Waals surface area contributed by atoms with E-state index >= 15 is 0 Å². The van der Waals surface area contributed by atoms with E-state index in [1.54, 1.807) is 19.9 Å². The Labute approximate surface area is 115 Å². The molecule has 5 nitrogen and oxygen atoms in total.